The lowest BCUT2D eigenvalue weighted by atomic mass is 9.82. The summed E-state index contributed by atoms with van der Waals surface area (Å²) >= 11 is 0. The van der Waals surface area contributed by atoms with E-state index in [4.69, 9.17) is 9.47 Å². The molecular formula is C24H29N3O3. The summed E-state index contributed by atoms with van der Waals surface area (Å²) in [6.07, 6.45) is 0.777. The maximum absolute atomic E-state index is 13.6. The van der Waals surface area contributed by atoms with Crippen molar-refractivity contribution in [3.05, 3.63) is 54.1 Å². The number of carbonyl (C=O) groups excluding carboxylic acids is 1. The van der Waals surface area contributed by atoms with E-state index >= 15 is 0 Å². The summed E-state index contributed by atoms with van der Waals surface area (Å²) in [5.74, 6) is 1.09. The smallest absolute Gasteiger partial charge is 0.228 e. The molecule has 0 aliphatic carbocycles. The van der Waals surface area contributed by atoms with Crippen molar-refractivity contribution >= 4 is 17.3 Å². The van der Waals surface area contributed by atoms with Crippen molar-refractivity contribution in [3.63, 3.8) is 0 Å². The lowest BCUT2D eigenvalue weighted by molar-refractivity contribution is -0.140. The van der Waals surface area contributed by atoms with Crippen LogP contribution in [0.5, 0.6) is 5.75 Å². The summed E-state index contributed by atoms with van der Waals surface area (Å²) in [6, 6.07) is 17.0. The number of amides is 1. The number of anilines is 2. The third-order valence-corrected chi connectivity index (χ3v) is 6.69. The minimum atomic E-state index is -0.0458. The van der Waals surface area contributed by atoms with Crippen LogP contribution in [0.4, 0.5) is 11.4 Å². The van der Waals surface area contributed by atoms with E-state index in [0.29, 0.717) is 26.3 Å². The molecule has 3 heterocycles. The number of ether oxygens (including phenoxy) is 2. The van der Waals surface area contributed by atoms with E-state index in [0.717, 1.165) is 31.8 Å². The summed E-state index contributed by atoms with van der Waals surface area (Å²) in [6.45, 7) is 5.34. The molecule has 0 aromatic heterocycles. The average Bonchev–Trinajstić information content (AvgIpc) is 2.83. The summed E-state index contributed by atoms with van der Waals surface area (Å²) in [5.41, 5.74) is 3.69. The zero-order valence-electron chi connectivity index (χ0n) is 17.5. The number of carbonyl (C=O) groups is 1. The molecule has 2 atom stereocenters. The van der Waals surface area contributed by atoms with E-state index in [1.165, 1.54) is 16.9 Å². The molecule has 6 nitrogen and oxygen atoms in total. The standard InChI is InChI=1S/C24H29N3O3/c1-29-20-8-7-18-15-21(24(28)25-11-13-30-14-12-25)23-17-26(19-5-3-2-4-6-19)9-10-27(23)22(18)16-20/h2-8,16,21,23H,9-15,17H2,1H3/t21-,23-/m0/s1. The van der Waals surface area contributed by atoms with Crippen LogP contribution in [0, 0.1) is 5.92 Å². The van der Waals surface area contributed by atoms with Gasteiger partial charge in [-0.2, -0.15) is 0 Å². The normalized spacial score (nSPS) is 23.6. The molecule has 30 heavy (non-hydrogen) atoms. The number of morpholine rings is 1. The topological polar surface area (TPSA) is 45.2 Å². The Labute approximate surface area is 178 Å². The molecule has 2 aromatic rings. The number of nitrogens with zero attached hydrogens (tertiary/aromatic N) is 3. The van der Waals surface area contributed by atoms with Gasteiger partial charge in [-0.25, -0.2) is 0 Å². The second-order valence-corrected chi connectivity index (χ2v) is 8.29. The Morgan fingerprint density at radius 3 is 2.60 bits per heavy atom. The van der Waals surface area contributed by atoms with Crippen molar-refractivity contribution in [2.45, 2.75) is 12.5 Å². The van der Waals surface area contributed by atoms with Crippen LogP contribution in [0.3, 0.4) is 0 Å². The van der Waals surface area contributed by atoms with Gasteiger partial charge in [-0.15, -0.1) is 0 Å². The zero-order valence-corrected chi connectivity index (χ0v) is 17.5. The first-order valence-electron chi connectivity index (χ1n) is 10.8. The minimum Gasteiger partial charge on any atom is -0.497 e. The van der Waals surface area contributed by atoms with Gasteiger partial charge in [0.25, 0.3) is 0 Å². The number of methoxy groups -OCH3 is 1. The van der Waals surface area contributed by atoms with Crippen LogP contribution < -0.4 is 14.5 Å². The SMILES string of the molecule is COc1ccc2c(c1)N1CCN(c3ccccc3)C[C@H]1[C@@H](C(=O)N1CCOCC1)C2. The molecule has 5 rings (SSSR count). The van der Waals surface area contributed by atoms with Crippen LogP contribution in [0.1, 0.15) is 5.56 Å². The van der Waals surface area contributed by atoms with Gasteiger partial charge in [0.1, 0.15) is 5.75 Å². The Morgan fingerprint density at radius 2 is 1.83 bits per heavy atom. The van der Waals surface area contributed by atoms with Crippen LogP contribution in [-0.2, 0) is 16.0 Å². The highest BCUT2D eigenvalue weighted by atomic mass is 16.5. The number of fused-ring (bicyclic) bond motifs is 3. The molecule has 0 radical (unpaired) electrons. The number of benzene rings is 2. The quantitative estimate of drug-likeness (QED) is 0.782. The van der Waals surface area contributed by atoms with Crippen molar-refractivity contribution in [1.82, 2.24) is 4.90 Å². The summed E-state index contributed by atoms with van der Waals surface area (Å²) in [4.78, 5) is 20.5. The number of hydrogen-bond acceptors (Lipinski definition) is 5. The Bertz CT molecular complexity index is 898. The van der Waals surface area contributed by atoms with E-state index in [2.05, 4.69) is 46.2 Å². The Hall–Kier alpha value is -2.73. The molecule has 2 saturated heterocycles. The number of rotatable bonds is 3. The van der Waals surface area contributed by atoms with Crippen LogP contribution in [0.25, 0.3) is 0 Å². The van der Waals surface area contributed by atoms with Gasteiger partial charge in [-0.3, -0.25) is 4.79 Å². The van der Waals surface area contributed by atoms with E-state index in [-0.39, 0.29) is 17.9 Å². The van der Waals surface area contributed by atoms with Gasteiger partial charge in [0.2, 0.25) is 5.91 Å². The van der Waals surface area contributed by atoms with Crippen LogP contribution >= 0.6 is 0 Å². The van der Waals surface area contributed by atoms with Gasteiger partial charge in [0.05, 0.1) is 32.3 Å². The van der Waals surface area contributed by atoms with Gasteiger partial charge in [0.15, 0.2) is 0 Å². The fourth-order valence-electron chi connectivity index (χ4n) is 5.08. The Kier molecular flexibility index (Phi) is 5.25. The van der Waals surface area contributed by atoms with Crippen molar-refractivity contribution in [1.29, 1.82) is 0 Å². The van der Waals surface area contributed by atoms with E-state index < -0.39 is 0 Å². The monoisotopic (exact) mass is 407 g/mol. The molecule has 158 valence electrons. The van der Waals surface area contributed by atoms with Gasteiger partial charge in [-0.1, -0.05) is 24.3 Å². The third kappa shape index (κ3) is 3.49. The second-order valence-electron chi connectivity index (χ2n) is 8.29. The molecule has 0 bridgehead atoms. The van der Waals surface area contributed by atoms with Crippen molar-refractivity contribution in [2.24, 2.45) is 5.92 Å². The summed E-state index contributed by atoms with van der Waals surface area (Å²) in [7, 11) is 1.71. The summed E-state index contributed by atoms with van der Waals surface area (Å²) in [5, 5.41) is 0. The number of para-hydroxylation sites is 1. The lowest BCUT2D eigenvalue weighted by Crippen LogP contribution is -2.62. The molecule has 2 aromatic carbocycles. The number of piperazine rings is 1. The molecule has 0 unspecified atom stereocenters. The van der Waals surface area contributed by atoms with Gasteiger partial charge in [-0.05, 0) is 30.2 Å². The van der Waals surface area contributed by atoms with Crippen molar-refractivity contribution < 1.29 is 14.3 Å². The molecule has 3 aliphatic heterocycles. The first-order valence-corrected chi connectivity index (χ1v) is 10.8. The largest absolute Gasteiger partial charge is 0.497 e. The highest BCUT2D eigenvalue weighted by molar-refractivity contribution is 5.83. The van der Waals surface area contributed by atoms with E-state index in [9.17, 15) is 4.79 Å². The fourth-order valence-corrected chi connectivity index (χ4v) is 5.08. The molecule has 1 amide bonds. The number of hydrogen-bond donors (Lipinski definition) is 0. The lowest BCUT2D eigenvalue weighted by Gasteiger charge is -2.50. The molecule has 0 spiro atoms. The molecule has 3 aliphatic rings. The van der Waals surface area contributed by atoms with E-state index in [1.54, 1.807) is 7.11 Å². The van der Waals surface area contributed by atoms with Crippen molar-refractivity contribution in [3.8, 4) is 5.75 Å². The molecule has 0 N–H and O–H groups in total. The predicted molar refractivity (Wildman–Crippen MR) is 117 cm³/mol. The maximum atomic E-state index is 13.6. The second kappa shape index (κ2) is 8.19. The fraction of sp³-hybridized carbons (Fsp3) is 0.458. The minimum absolute atomic E-state index is 0.0458. The molecule has 2 fully saturated rings. The predicted octanol–water partition coefficient (Wildman–Crippen LogP) is 2.42. The van der Waals surface area contributed by atoms with Crippen LogP contribution in [0.15, 0.2) is 48.5 Å². The van der Waals surface area contributed by atoms with Gasteiger partial charge < -0.3 is 24.2 Å². The van der Waals surface area contributed by atoms with Crippen molar-refractivity contribution in [2.75, 3.05) is 62.8 Å². The third-order valence-electron chi connectivity index (χ3n) is 6.69. The molecular weight excluding hydrogens is 378 g/mol. The summed E-state index contributed by atoms with van der Waals surface area (Å²) < 4.78 is 11.0. The molecule has 6 heteroatoms. The van der Waals surface area contributed by atoms with Crippen LogP contribution in [0.2, 0.25) is 0 Å². The highest BCUT2D eigenvalue weighted by Crippen LogP contribution is 2.39. The average molecular weight is 408 g/mol. The van der Waals surface area contributed by atoms with E-state index in [1.807, 2.05) is 17.0 Å². The highest BCUT2D eigenvalue weighted by Gasteiger charge is 2.43. The maximum Gasteiger partial charge on any atom is 0.228 e. The zero-order chi connectivity index (χ0) is 20.5. The first-order chi connectivity index (χ1) is 14.7. The Morgan fingerprint density at radius 1 is 1.03 bits per heavy atom. The Balaban J connectivity index is 1.48. The molecule has 0 saturated carbocycles. The first kappa shape index (κ1) is 19.2. The van der Waals surface area contributed by atoms with Gasteiger partial charge >= 0.3 is 0 Å². The van der Waals surface area contributed by atoms with Gasteiger partial charge in [0, 0.05) is 50.2 Å². The van der Waals surface area contributed by atoms with Crippen LogP contribution in [-0.4, -0.2) is 69.9 Å².